The van der Waals surface area contributed by atoms with E-state index in [9.17, 15) is 14.4 Å². The number of amides is 1. The fourth-order valence-corrected chi connectivity index (χ4v) is 0.143. The first-order valence-corrected chi connectivity index (χ1v) is 2.76. The van der Waals surface area contributed by atoms with Gasteiger partial charge in [-0.25, -0.2) is 9.59 Å². The third-order valence-corrected chi connectivity index (χ3v) is 0.368. The Labute approximate surface area is 68.3 Å². The van der Waals surface area contributed by atoms with E-state index >= 15 is 0 Å². The predicted molar refractivity (Wildman–Crippen MR) is 39.3 cm³/mol. The van der Waals surface area contributed by atoms with E-state index in [0.29, 0.717) is 12.2 Å². The van der Waals surface area contributed by atoms with Gasteiger partial charge in [-0.15, -0.1) is 0 Å². The molecule has 0 aromatic rings. The van der Waals surface area contributed by atoms with Crippen LogP contribution < -0.4 is 5.73 Å². The van der Waals surface area contributed by atoms with Crippen LogP contribution in [-0.4, -0.2) is 28.1 Å². The van der Waals surface area contributed by atoms with Crippen LogP contribution in [0.3, 0.4) is 0 Å². The molecule has 0 bridgehead atoms. The van der Waals surface area contributed by atoms with Crippen molar-refractivity contribution in [2.24, 2.45) is 5.73 Å². The molecule has 12 heavy (non-hydrogen) atoms. The van der Waals surface area contributed by atoms with Crippen molar-refractivity contribution in [3.05, 3.63) is 12.2 Å². The number of hydrogen-bond donors (Lipinski definition) is 3. The van der Waals surface area contributed by atoms with Crippen LogP contribution in [-0.2, 0) is 14.4 Å². The molecule has 0 atom stereocenters. The Hall–Kier alpha value is -1.85. The fraction of sp³-hybridized carbons (Fsp3) is 0.167. The molecule has 0 aliphatic rings. The zero-order valence-corrected chi connectivity index (χ0v) is 6.35. The van der Waals surface area contributed by atoms with E-state index in [2.05, 4.69) is 5.73 Å². The summed E-state index contributed by atoms with van der Waals surface area (Å²) < 4.78 is 0. The third kappa shape index (κ3) is 42.0. The number of primary amides is 1. The van der Waals surface area contributed by atoms with E-state index in [1.54, 1.807) is 0 Å². The predicted octanol–water partition coefficient (Wildman–Crippen LogP) is -0.797. The second-order valence-corrected chi connectivity index (χ2v) is 1.62. The highest BCUT2D eigenvalue weighted by molar-refractivity contribution is 5.89. The van der Waals surface area contributed by atoms with Crippen LogP contribution in [0.25, 0.3) is 0 Å². The summed E-state index contributed by atoms with van der Waals surface area (Å²) in [6.07, 6.45) is 1.12. The summed E-state index contributed by atoms with van der Waals surface area (Å²) in [6.45, 7) is 1.31. The molecule has 0 fully saturated rings. The molecule has 0 saturated carbocycles. The molecule has 6 heteroatoms. The second kappa shape index (κ2) is 7.26. The van der Waals surface area contributed by atoms with Crippen molar-refractivity contribution in [3.63, 3.8) is 0 Å². The Morgan fingerprint density at radius 2 is 1.25 bits per heavy atom. The van der Waals surface area contributed by atoms with Crippen molar-refractivity contribution in [2.75, 3.05) is 0 Å². The van der Waals surface area contributed by atoms with Gasteiger partial charge in [-0.05, 0) is 0 Å². The average Bonchev–Trinajstić information content (AvgIpc) is 1.82. The molecule has 0 unspecified atom stereocenters. The Balaban J connectivity index is 0. The highest BCUT2D eigenvalue weighted by atomic mass is 16.4. The van der Waals surface area contributed by atoms with Crippen molar-refractivity contribution in [1.82, 2.24) is 0 Å². The Morgan fingerprint density at radius 1 is 1.08 bits per heavy atom. The van der Waals surface area contributed by atoms with Gasteiger partial charge in [0.25, 0.3) is 0 Å². The van der Waals surface area contributed by atoms with Crippen LogP contribution in [0.2, 0.25) is 0 Å². The zero-order chi connectivity index (χ0) is 10.1. The first kappa shape index (κ1) is 12.8. The monoisotopic (exact) mass is 175 g/mol. The van der Waals surface area contributed by atoms with Gasteiger partial charge in [-0.3, -0.25) is 4.79 Å². The van der Waals surface area contributed by atoms with Gasteiger partial charge in [0.1, 0.15) is 0 Å². The molecule has 0 rings (SSSR count). The topological polar surface area (TPSA) is 118 Å². The molecule has 0 aromatic carbocycles. The van der Waals surface area contributed by atoms with Gasteiger partial charge in [-0.2, -0.15) is 0 Å². The number of aliphatic carboxylic acids is 2. The van der Waals surface area contributed by atoms with Crippen molar-refractivity contribution in [2.45, 2.75) is 6.92 Å². The molecule has 0 saturated heterocycles. The van der Waals surface area contributed by atoms with Crippen molar-refractivity contribution < 1.29 is 24.6 Å². The summed E-state index contributed by atoms with van der Waals surface area (Å²) >= 11 is 0. The van der Waals surface area contributed by atoms with Crippen LogP contribution in [0.15, 0.2) is 12.2 Å². The largest absolute Gasteiger partial charge is 0.478 e. The van der Waals surface area contributed by atoms with E-state index in [1.807, 2.05) is 0 Å². The van der Waals surface area contributed by atoms with Crippen molar-refractivity contribution in [3.8, 4) is 0 Å². The molecule has 0 aromatic heterocycles. The van der Waals surface area contributed by atoms with Crippen LogP contribution in [0, 0.1) is 0 Å². The van der Waals surface area contributed by atoms with E-state index in [-0.39, 0.29) is 5.91 Å². The highest BCUT2D eigenvalue weighted by Gasteiger charge is 1.88. The lowest BCUT2D eigenvalue weighted by Crippen LogP contribution is -2.01. The Kier molecular flexibility index (Phi) is 7.74. The number of carbonyl (C=O) groups is 3. The van der Waals surface area contributed by atoms with Crippen LogP contribution in [0.5, 0.6) is 0 Å². The maximum absolute atomic E-state index is 9.55. The first-order valence-electron chi connectivity index (χ1n) is 2.76. The standard InChI is InChI=1S/C4H4O4.C2H5NO/c5-3(6)1-2-4(7)8;1-2(3)4/h1-2H,(H,5,6)(H,7,8);1H3,(H2,3,4). The SMILES string of the molecule is CC(N)=O.O=C(O)C=CC(=O)O. The number of nitrogens with two attached hydrogens (primary N) is 1. The maximum atomic E-state index is 9.55. The summed E-state index contributed by atoms with van der Waals surface area (Å²) in [5.74, 6) is -2.85. The Morgan fingerprint density at radius 3 is 1.33 bits per heavy atom. The number of carboxylic acid groups (broad SMARTS) is 2. The van der Waals surface area contributed by atoms with Crippen molar-refractivity contribution in [1.29, 1.82) is 0 Å². The van der Waals surface area contributed by atoms with Gasteiger partial charge in [0, 0.05) is 19.1 Å². The fourth-order valence-electron chi connectivity index (χ4n) is 0.143. The Bertz CT molecular complexity index is 188. The third-order valence-electron chi connectivity index (χ3n) is 0.368. The normalized spacial score (nSPS) is 8.42. The smallest absolute Gasteiger partial charge is 0.328 e. The number of carbonyl (C=O) groups excluding carboxylic acids is 1. The van der Waals surface area contributed by atoms with E-state index in [4.69, 9.17) is 10.2 Å². The van der Waals surface area contributed by atoms with Crippen LogP contribution >= 0.6 is 0 Å². The summed E-state index contributed by atoms with van der Waals surface area (Å²) in [6, 6.07) is 0. The molecule has 4 N–H and O–H groups in total. The minimum absolute atomic E-state index is 0.333. The molecule has 1 amide bonds. The molecule has 6 nitrogen and oxygen atoms in total. The summed E-state index contributed by atoms with van der Waals surface area (Å²) in [5.41, 5.74) is 4.47. The molecule has 0 spiro atoms. The molecule has 0 aliphatic carbocycles. The first-order chi connectivity index (χ1) is 5.36. The van der Waals surface area contributed by atoms with E-state index in [1.165, 1.54) is 6.92 Å². The van der Waals surface area contributed by atoms with Crippen LogP contribution in [0.1, 0.15) is 6.92 Å². The molecule has 0 aliphatic heterocycles. The average molecular weight is 175 g/mol. The van der Waals surface area contributed by atoms with Gasteiger partial charge in [0.2, 0.25) is 5.91 Å². The van der Waals surface area contributed by atoms with Gasteiger partial charge in [0.05, 0.1) is 0 Å². The number of carboxylic acids is 2. The lowest BCUT2D eigenvalue weighted by Gasteiger charge is -1.74. The summed E-state index contributed by atoms with van der Waals surface area (Å²) in [5, 5.41) is 15.6. The number of hydrogen-bond acceptors (Lipinski definition) is 3. The van der Waals surface area contributed by atoms with Gasteiger partial charge >= 0.3 is 11.9 Å². The molecule has 0 heterocycles. The highest BCUT2D eigenvalue weighted by Crippen LogP contribution is 1.70. The zero-order valence-electron chi connectivity index (χ0n) is 6.35. The molecule has 0 radical (unpaired) electrons. The van der Waals surface area contributed by atoms with Gasteiger partial charge in [-0.1, -0.05) is 0 Å². The minimum Gasteiger partial charge on any atom is -0.478 e. The van der Waals surface area contributed by atoms with E-state index in [0.717, 1.165) is 0 Å². The summed E-state index contributed by atoms with van der Waals surface area (Å²) in [7, 11) is 0. The van der Waals surface area contributed by atoms with Crippen LogP contribution in [0.4, 0.5) is 0 Å². The lowest BCUT2D eigenvalue weighted by molar-refractivity contribution is -0.134. The van der Waals surface area contributed by atoms with E-state index < -0.39 is 11.9 Å². The molecular weight excluding hydrogens is 166 g/mol. The van der Waals surface area contributed by atoms with Gasteiger partial charge < -0.3 is 15.9 Å². The summed E-state index contributed by atoms with van der Waals surface area (Å²) in [4.78, 5) is 28.3. The quantitative estimate of drug-likeness (QED) is 0.475. The molecule has 68 valence electrons. The number of rotatable bonds is 2. The maximum Gasteiger partial charge on any atom is 0.328 e. The minimum atomic E-state index is -1.26. The van der Waals surface area contributed by atoms with Crippen molar-refractivity contribution >= 4 is 17.8 Å². The van der Waals surface area contributed by atoms with Gasteiger partial charge in [0.15, 0.2) is 0 Å². The lowest BCUT2D eigenvalue weighted by atomic mass is 10.5. The second-order valence-electron chi connectivity index (χ2n) is 1.62. The molecular formula is C6H9NO5.